The van der Waals surface area contributed by atoms with Gasteiger partial charge in [0.05, 0.1) is 6.42 Å². The molecule has 5 nitrogen and oxygen atoms in total. The van der Waals surface area contributed by atoms with Crippen molar-refractivity contribution in [1.29, 1.82) is 5.41 Å². The summed E-state index contributed by atoms with van der Waals surface area (Å²) >= 11 is 1.42. The van der Waals surface area contributed by atoms with Gasteiger partial charge in [0.1, 0.15) is 5.01 Å². The van der Waals surface area contributed by atoms with Gasteiger partial charge < -0.3 is 10.7 Å². The fraction of sp³-hybridized carbons (Fsp3) is 0.333. The van der Waals surface area contributed by atoms with Crippen LogP contribution in [0.2, 0.25) is 0 Å². The Morgan fingerprint density at radius 3 is 2.81 bits per heavy atom. The smallest absolute Gasteiger partial charge is 0.230 e. The lowest BCUT2D eigenvalue weighted by Gasteiger charge is -2.00. The Labute approximate surface area is 127 Å². The van der Waals surface area contributed by atoms with Crippen molar-refractivity contribution in [2.75, 3.05) is 5.32 Å². The number of hydrogen-bond acceptors (Lipinski definition) is 5. The Hall–Kier alpha value is -2.08. The second kappa shape index (κ2) is 8.26. The van der Waals surface area contributed by atoms with E-state index in [1.807, 2.05) is 30.3 Å². The van der Waals surface area contributed by atoms with Gasteiger partial charge in [0.15, 0.2) is 0 Å². The average Bonchev–Trinajstić information content (AvgIpc) is 2.92. The molecule has 110 valence electrons. The Morgan fingerprint density at radius 1 is 1.24 bits per heavy atom. The zero-order valence-electron chi connectivity index (χ0n) is 11.7. The molecule has 6 heteroatoms. The molecule has 1 aromatic carbocycles. The number of aromatic nitrogens is 2. The minimum absolute atomic E-state index is 0.0762. The van der Waals surface area contributed by atoms with Crippen molar-refractivity contribution in [3.05, 3.63) is 40.9 Å². The topological polar surface area (TPSA) is 78.7 Å². The fourth-order valence-electron chi connectivity index (χ4n) is 1.87. The second-order valence-corrected chi connectivity index (χ2v) is 5.72. The average molecular weight is 302 g/mol. The van der Waals surface area contributed by atoms with Gasteiger partial charge in [0, 0.05) is 6.42 Å². The van der Waals surface area contributed by atoms with Crippen molar-refractivity contribution < 1.29 is 4.79 Å². The first-order valence-corrected chi connectivity index (χ1v) is 7.74. The van der Waals surface area contributed by atoms with E-state index in [1.54, 1.807) is 0 Å². The Balaban J connectivity index is 1.79. The van der Waals surface area contributed by atoms with Crippen LogP contribution in [0.4, 0.5) is 5.13 Å². The first-order valence-electron chi connectivity index (χ1n) is 6.93. The van der Waals surface area contributed by atoms with Crippen molar-refractivity contribution in [3.63, 3.8) is 0 Å². The molecule has 0 radical (unpaired) electrons. The monoisotopic (exact) mass is 302 g/mol. The normalized spacial score (nSPS) is 10.3. The first kappa shape index (κ1) is 15.3. The van der Waals surface area contributed by atoms with E-state index in [9.17, 15) is 4.79 Å². The highest BCUT2D eigenvalue weighted by atomic mass is 32.1. The van der Waals surface area contributed by atoms with Crippen LogP contribution in [-0.4, -0.2) is 22.3 Å². The maximum absolute atomic E-state index is 11.9. The molecular formula is C15H18N4OS. The Kier molecular flexibility index (Phi) is 6.02. The quantitative estimate of drug-likeness (QED) is 0.581. The van der Waals surface area contributed by atoms with Crippen molar-refractivity contribution in [3.8, 4) is 0 Å². The summed E-state index contributed by atoms with van der Waals surface area (Å²) in [4.78, 5) is 11.9. The maximum atomic E-state index is 11.9. The highest BCUT2D eigenvalue weighted by Gasteiger charge is 2.08. The van der Waals surface area contributed by atoms with Crippen molar-refractivity contribution in [1.82, 2.24) is 10.2 Å². The summed E-state index contributed by atoms with van der Waals surface area (Å²) in [5.41, 5.74) is 0.978. The van der Waals surface area contributed by atoms with Gasteiger partial charge in [0.25, 0.3) is 0 Å². The van der Waals surface area contributed by atoms with Crippen LogP contribution >= 0.6 is 11.3 Å². The Morgan fingerprint density at radius 2 is 2.05 bits per heavy atom. The molecular weight excluding hydrogens is 284 g/mol. The summed E-state index contributed by atoms with van der Waals surface area (Å²) in [5.74, 6) is -0.0762. The minimum Gasteiger partial charge on any atom is -0.313 e. The molecule has 1 heterocycles. The van der Waals surface area contributed by atoms with E-state index >= 15 is 0 Å². The lowest BCUT2D eigenvalue weighted by Crippen LogP contribution is -2.14. The van der Waals surface area contributed by atoms with Crippen LogP contribution in [0.25, 0.3) is 0 Å². The van der Waals surface area contributed by atoms with Crippen LogP contribution in [0.5, 0.6) is 0 Å². The van der Waals surface area contributed by atoms with Crippen LogP contribution in [-0.2, 0) is 17.6 Å². The number of nitrogens with one attached hydrogen (secondary N) is 2. The van der Waals surface area contributed by atoms with Gasteiger partial charge in [0.2, 0.25) is 11.0 Å². The molecule has 0 spiro atoms. The molecule has 2 aromatic rings. The van der Waals surface area contributed by atoms with Crippen molar-refractivity contribution >= 4 is 28.6 Å². The van der Waals surface area contributed by atoms with Crippen LogP contribution in [0, 0.1) is 5.41 Å². The van der Waals surface area contributed by atoms with E-state index in [-0.39, 0.29) is 5.91 Å². The zero-order chi connectivity index (χ0) is 14.9. The number of carbonyl (C=O) groups is 1. The van der Waals surface area contributed by atoms with Gasteiger partial charge in [-0.15, -0.1) is 10.2 Å². The van der Waals surface area contributed by atoms with E-state index in [0.717, 1.165) is 36.3 Å². The number of aryl methyl sites for hydroxylation is 1. The molecule has 0 aliphatic carbocycles. The van der Waals surface area contributed by atoms with Gasteiger partial charge in [-0.1, -0.05) is 41.7 Å². The molecule has 0 saturated carbocycles. The number of nitrogens with zero attached hydrogens (tertiary/aromatic N) is 2. The number of benzene rings is 1. The second-order valence-electron chi connectivity index (χ2n) is 4.66. The van der Waals surface area contributed by atoms with Gasteiger partial charge in [-0.05, 0) is 31.0 Å². The summed E-state index contributed by atoms with van der Waals surface area (Å²) in [6.45, 7) is 0. The lowest BCUT2D eigenvalue weighted by atomic mass is 10.1. The van der Waals surface area contributed by atoms with Crippen LogP contribution in [0.15, 0.2) is 30.3 Å². The molecule has 0 fully saturated rings. The minimum atomic E-state index is -0.0762. The van der Waals surface area contributed by atoms with Crippen molar-refractivity contribution in [2.45, 2.75) is 32.1 Å². The number of carbonyl (C=O) groups excluding carboxylic acids is 1. The van der Waals surface area contributed by atoms with E-state index in [2.05, 4.69) is 15.5 Å². The van der Waals surface area contributed by atoms with E-state index in [1.165, 1.54) is 17.6 Å². The fourth-order valence-corrected chi connectivity index (χ4v) is 2.67. The number of hydrogen-bond donors (Lipinski definition) is 2. The third kappa shape index (κ3) is 5.43. The first-order chi connectivity index (χ1) is 10.3. The van der Waals surface area contributed by atoms with Gasteiger partial charge in [-0.25, -0.2) is 0 Å². The highest BCUT2D eigenvalue weighted by molar-refractivity contribution is 7.15. The third-order valence-corrected chi connectivity index (χ3v) is 3.81. The maximum Gasteiger partial charge on any atom is 0.230 e. The summed E-state index contributed by atoms with van der Waals surface area (Å²) in [6.07, 6.45) is 5.39. The SMILES string of the molecule is N=CCCCCc1nnc(NC(=O)Cc2ccccc2)s1. The summed E-state index contributed by atoms with van der Waals surface area (Å²) < 4.78 is 0. The predicted molar refractivity (Wildman–Crippen MR) is 85.0 cm³/mol. The highest BCUT2D eigenvalue weighted by Crippen LogP contribution is 2.17. The van der Waals surface area contributed by atoms with Crippen LogP contribution < -0.4 is 5.32 Å². The number of anilines is 1. The van der Waals surface area contributed by atoms with Gasteiger partial charge >= 0.3 is 0 Å². The summed E-state index contributed by atoms with van der Waals surface area (Å²) in [6, 6.07) is 9.61. The molecule has 0 aliphatic heterocycles. The molecule has 2 rings (SSSR count). The standard InChI is InChI=1S/C15H18N4OS/c16-10-6-2-5-9-14-18-19-15(21-14)17-13(20)11-12-7-3-1-4-8-12/h1,3-4,7-8,10,16H,2,5-6,9,11H2,(H,17,19,20). The lowest BCUT2D eigenvalue weighted by molar-refractivity contribution is -0.115. The molecule has 1 amide bonds. The van der Waals surface area contributed by atoms with Crippen LogP contribution in [0.1, 0.15) is 29.8 Å². The van der Waals surface area contributed by atoms with E-state index in [0.29, 0.717) is 11.6 Å². The molecule has 0 bridgehead atoms. The summed E-state index contributed by atoms with van der Waals surface area (Å²) in [5, 5.41) is 19.3. The van der Waals surface area contributed by atoms with Gasteiger partial charge in [-0.3, -0.25) is 4.79 Å². The van der Waals surface area contributed by atoms with E-state index in [4.69, 9.17) is 5.41 Å². The molecule has 0 unspecified atom stereocenters. The third-order valence-electron chi connectivity index (χ3n) is 2.91. The molecule has 1 aromatic heterocycles. The van der Waals surface area contributed by atoms with E-state index < -0.39 is 0 Å². The molecule has 0 saturated heterocycles. The number of unbranched alkanes of at least 4 members (excludes halogenated alkanes) is 2. The van der Waals surface area contributed by atoms with Gasteiger partial charge in [-0.2, -0.15) is 0 Å². The molecule has 21 heavy (non-hydrogen) atoms. The number of amides is 1. The van der Waals surface area contributed by atoms with Crippen molar-refractivity contribution in [2.24, 2.45) is 0 Å². The molecule has 0 atom stereocenters. The molecule has 2 N–H and O–H groups in total. The largest absolute Gasteiger partial charge is 0.313 e. The number of rotatable bonds is 8. The zero-order valence-corrected chi connectivity index (χ0v) is 12.5. The molecule has 0 aliphatic rings. The Bertz CT molecular complexity index is 582. The summed E-state index contributed by atoms with van der Waals surface area (Å²) in [7, 11) is 0. The predicted octanol–water partition coefficient (Wildman–Crippen LogP) is 3.08. The van der Waals surface area contributed by atoms with Crippen LogP contribution in [0.3, 0.4) is 0 Å².